The molecule has 0 spiro atoms. The number of ether oxygens (including phenoxy) is 1. The number of hydrogen-bond acceptors (Lipinski definition) is 4. The molecule has 0 atom stereocenters. The first-order valence-electron chi connectivity index (χ1n) is 3.60. The van der Waals surface area contributed by atoms with Crippen LogP contribution < -0.4 is 5.32 Å². The molecule has 0 aliphatic heterocycles. The summed E-state index contributed by atoms with van der Waals surface area (Å²) in [6, 6.07) is 1.65. The summed E-state index contributed by atoms with van der Waals surface area (Å²) >= 11 is 0. The normalized spacial score (nSPS) is 9.00. The number of nitrogens with zero attached hydrogens (tertiary/aromatic N) is 2. The van der Waals surface area contributed by atoms with Crippen molar-refractivity contribution >= 4 is 12.0 Å². The molecule has 1 rings (SSSR count). The van der Waals surface area contributed by atoms with E-state index >= 15 is 0 Å². The zero-order chi connectivity index (χ0) is 9.68. The highest BCUT2D eigenvalue weighted by Crippen LogP contribution is 1.98. The van der Waals surface area contributed by atoms with Gasteiger partial charge in [0.05, 0.1) is 5.76 Å². The number of allylic oxidation sites excluding steroid dienone is 1. The topological polar surface area (TPSA) is 64.1 Å². The van der Waals surface area contributed by atoms with Crippen molar-refractivity contribution < 1.29 is 9.53 Å². The molecular formula is C8H9N3O2. The van der Waals surface area contributed by atoms with Gasteiger partial charge in [-0.15, -0.1) is 0 Å². The van der Waals surface area contributed by atoms with Crippen molar-refractivity contribution in [1.29, 1.82) is 0 Å². The summed E-state index contributed by atoms with van der Waals surface area (Å²) in [4.78, 5) is 18.5. The Kier molecular flexibility index (Phi) is 2.97. The molecule has 0 aliphatic rings. The summed E-state index contributed by atoms with van der Waals surface area (Å²) in [6.45, 7) is 4.99. The third-order valence-corrected chi connectivity index (χ3v) is 1.05. The SMILES string of the molecule is C=C(C)OC(=O)Nc1ncccn1. The Morgan fingerprint density at radius 2 is 2.15 bits per heavy atom. The van der Waals surface area contributed by atoms with Gasteiger partial charge in [-0.2, -0.15) is 0 Å². The first-order valence-corrected chi connectivity index (χ1v) is 3.60. The second-order valence-electron chi connectivity index (χ2n) is 2.29. The first-order chi connectivity index (χ1) is 6.18. The van der Waals surface area contributed by atoms with E-state index in [0.717, 1.165) is 0 Å². The Balaban J connectivity index is 2.50. The number of rotatable bonds is 2. The van der Waals surface area contributed by atoms with E-state index < -0.39 is 6.09 Å². The molecule has 0 unspecified atom stereocenters. The molecule has 0 radical (unpaired) electrons. The van der Waals surface area contributed by atoms with Crippen molar-refractivity contribution in [2.45, 2.75) is 6.92 Å². The van der Waals surface area contributed by atoms with Crippen LogP contribution in [-0.4, -0.2) is 16.1 Å². The number of carbonyl (C=O) groups excluding carboxylic acids is 1. The van der Waals surface area contributed by atoms with Crippen molar-refractivity contribution in [3.8, 4) is 0 Å². The fourth-order valence-electron chi connectivity index (χ4n) is 0.639. The van der Waals surface area contributed by atoms with E-state index in [1.165, 1.54) is 12.4 Å². The average molecular weight is 179 g/mol. The minimum absolute atomic E-state index is 0.203. The van der Waals surface area contributed by atoms with Gasteiger partial charge >= 0.3 is 6.09 Å². The molecule has 1 amide bonds. The first kappa shape index (κ1) is 9.18. The van der Waals surface area contributed by atoms with Crippen LogP contribution in [0.2, 0.25) is 0 Å². The summed E-state index contributed by atoms with van der Waals surface area (Å²) in [6.07, 6.45) is 2.39. The number of nitrogens with one attached hydrogen (secondary N) is 1. The lowest BCUT2D eigenvalue weighted by Gasteiger charge is -2.02. The Morgan fingerprint density at radius 3 is 2.69 bits per heavy atom. The van der Waals surface area contributed by atoms with E-state index in [4.69, 9.17) is 0 Å². The summed E-state index contributed by atoms with van der Waals surface area (Å²) in [5.74, 6) is 0.516. The smallest absolute Gasteiger partial charge is 0.416 e. The summed E-state index contributed by atoms with van der Waals surface area (Å²) < 4.78 is 4.63. The predicted molar refractivity (Wildman–Crippen MR) is 46.9 cm³/mol. The maximum atomic E-state index is 10.9. The molecule has 5 heteroatoms. The van der Waals surface area contributed by atoms with Crippen LogP contribution in [0.15, 0.2) is 30.8 Å². The van der Waals surface area contributed by atoms with Crippen molar-refractivity contribution in [2.75, 3.05) is 5.32 Å². The molecule has 0 fully saturated rings. The van der Waals surface area contributed by atoms with Crippen molar-refractivity contribution in [2.24, 2.45) is 0 Å². The number of amides is 1. The Hall–Kier alpha value is -1.91. The molecule has 1 aromatic heterocycles. The maximum Gasteiger partial charge on any atom is 0.419 e. The van der Waals surface area contributed by atoms with Gasteiger partial charge < -0.3 is 4.74 Å². The molecule has 0 saturated carbocycles. The monoisotopic (exact) mass is 179 g/mol. The Bertz CT molecular complexity index is 310. The largest absolute Gasteiger partial charge is 0.419 e. The van der Waals surface area contributed by atoms with Crippen molar-refractivity contribution in [1.82, 2.24) is 9.97 Å². The summed E-state index contributed by atoms with van der Waals surface area (Å²) in [5, 5.41) is 2.33. The van der Waals surface area contributed by atoms with Crippen LogP contribution in [0.5, 0.6) is 0 Å². The van der Waals surface area contributed by atoms with E-state index in [9.17, 15) is 4.79 Å². The molecule has 13 heavy (non-hydrogen) atoms. The third-order valence-electron chi connectivity index (χ3n) is 1.05. The lowest BCUT2D eigenvalue weighted by molar-refractivity contribution is 0.192. The highest BCUT2D eigenvalue weighted by molar-refractivity contribution is 5.82. The van der Waals surface area contributed by atoms with Crippen LogP contribution in [0.4, 0.5) is 10.7 Å². The van der Waals surface area contributed by atoms with Crippen LogP contribution in [-0.2, 0) is 4.74 Å². The van der Waals surface area contributed by atoms with Gasteiger partial charge in [-0.3, -0.25) is 5.32 Å². The molecule has 0 aliphatic carbocycles. The van der Waals surface area contributed by atoms with Crippen LogP contribution in [0.1, 0.15) is 6.92 Å². The zero-order valence-corrected chi connectivity index (χ0v) is 7.15. The molecule has 1 heterocycles. The molecule has 1 N–H and O–H groups in total. The van der Waals surface area contributed by atoms with Gasteiger partial charge in [0.15, 0.2) is 0 Å². The van der Waals surface area contributed by atoms with Crippen LogP contribution >= 0.6 is 0 Å². The van der Waals surface area contributed by atoms with Gasteiger partial charge in [-0.25, -0.2) is 14.8 Å². The summed E-state index contributed by atoms with van der Waals surface area (Å²) in [5.41, 5.74) is 0. The molecule has 0 saturated heterocycles. The highest BCUT2D eigenvalue weighted by atomic mass is 16.6. The maximum absolute atomic E-state index is 10.9. The number of anilines is 1. The lowest BCUT2D eigenvalue weighted by atomic mass is 10.6. The van der Waals surface area contributed by atoms with Gasteiger partial charge in [0.25, 0.3) is 0 Å². The summed E-state index contributed by atoms with van der Waals surface area (Å²) in [7, 11) is 0. The minimum atomic E-state index is -0.640. The molecule has 5 nitrogen and oxygen atoms in total. The van der Waals surface area contributed by atoms with Crippen LogP contribution in [0, 0.1) is 0 Å². The van der Waals surface area contributed by atoms with E-state index in [0.29, 0.717) is 5.76 Å². The molecule has 1 aromatic rings. The van der Waals surface area contributed by atoms with Gasteiger partial charge in [-0.1, -0.05) is 6.58 Å². The average Bonchev–Trinajstić information content (AvgIpc) is 2.04. The minimum Gasteiger partial charge on any atom is -0.416 e. The van der Waals surface area contributed by atoms with Gasteiger partial charge in [-0.05, 0) is 13.0 Å². The van der Waals surface area contributed by atoms with Crippen molar-refractivity contribution in [3.05, 3.63) is 30.8 Å². The van der Waals surface area contributed by atoms with Crippen molar-refractivity contribution in [3.63, 3.8) is 0 Å². The van der Waals surface area contributed by atoms with Gasteiger partial charge in [0, 0.05) is 12.4 Å². The lowest BCUT2D eigenvalue weighted by Crippen LogP contribution is -2.14. The fraction of sp³-hybridized carbons (Fsp3) is 0.125. The van der Waals surface area contributed by atoms with Crippen LogP contribution in [0.25, 0.3) is 0 Å². The highest BCUT2D eigenvalue weighted by Gasteiger charge is 2.03. The van der Waals surface area contributed by atoms with E-state index in [2.05, 4.69) is 26.6 Å². The molecule has 0 aromatic carbocycles. The van der Waals surface area contributed by atoms with E-state index in [1.807, 2.05) is 0 Å². The Morgan fingerprint density at radius 1 is 1.54 bits per heavy atom. The van der Waals surface area contributed by atoms with Gasteiger partial charge in [0.1, 0.15) is 0 Å². The standard InChI is InChI=1S/C8H9N3O2/c1-6(2)13-8(12)11-7-9-4-3-5-10-7/h3-5H,1H2,2H3,(H,9,10,11,12). The second kappa shape index (κ2) is 4.20. The van der Waals surface area contributed by atoms with E-state index in [-0.39, 0.29) is 5.95 Å². The number of hydrogen-bond donors (Lipinski definition) is 1. The number of carbonyl (C=O) groups is 1. The zero-order valence-electron chi connectivity index (χ0n) is 7.15. The fourth-order valence-corrected chi connectivity index (χ4v) is 0.639. The molecule has 68 valence electrons. The molecule has 0 bridgehead atoms. The number of aromatic nitrogens is 2. The Labute approximate surface area is 75.5 Å². The third kappa shape index (κ3) is 3.33. The molecular weight excluding hydrogens is 170 g/mol. The van der Waals surface area contributed by atoms with Crippen LogP contribution in [0.3, 0.4) is 0 Å². The van der Waals surface area contributed by atoms with E-state index in [1.54, 1.807) is 13.0 Å². The van der Waals surface area contributed by atoms with Gasteiger partial charge in [0.2, 0.25) is 5.95 Å². The quantitative estimate of drug-likeness (QED) is 0.699. The predicted octanol–water partition coefficient (Wildman–Crippen LogP) is 1.56. The second-order valence-corrected chi connectivity index (χ2v) is 2.29.